The van der Waals surface area contributed by atoms with E-state index in [1.807, 2.05) is 18.2 Å². The average Bonchev–Trinajstić information content (AvgIpc) is 3.22. The summed E-state index contributed by atoms with van der Waals surface area (Å²) in [7, 11) is 5.00. The molecule has 1 aliphatic rings. The molecule has 0 saturated carbocycles. The van der Waals surface area contributed by atoms with E-state index in [0.717, 1.165) is 43.1 Å². The van der Waals surface area contributed by atoms with Crippen molar-refractivity contribution in [3.63, 3.8) is 0 Å². The van der Waals surface area contributed by atoms with E-state index in [1.165, 1.54) is 6.07 Å². The number of rotatable bonds is 8. The first-order chi connectivity index (χ1) is 15.0. The van der Waals surface area contributed by atoms with Gasteiger partial charge in [0.15, 0.2) is 5.96 Å². The van der Waals surface area contributed by atoms with Crippen molar-refractivity contribution in [3.8, 4) is 11.5 Å². The Morgan fingerprint density at radius 1 is 1.22 bits per heavy atom. The van der Waals surface area contributed by atoms with Crippen molar-refractivity contribution in [2.75, 3.05) is 34.4 Å². The number of nitro groups is 1. The monoisotopic (exact) mass is 555 g/mol. The summed E-state index contributed by atoms with van der Waals surface area (Å²) < 4.78 is 10.7. The number of benzene rings is 2. The Labute approximate surface area is 205 Å². The highest BCUT2D eigenvalue weighted by Crippen LogP contribution is 2.24. The molecule has 32 heavy (non-hydrogen) atoms. The molecule has 10 heteroatoms. The molecule has 2 N–H and O–H groups in total. The summed E-state index contributed by atoms with van der Waals surface area (Å²) in [5.41, 5.74) is 1.86. The van der Waals surface area contributed by atoms with Crippen LogP contribution in [0.15, 0.2) is 47.5 Å². The number of methoxy groups -OCH3 is 2. The van der Waals surface area contributed by atoms with Gasteiger partial charge >= 0.3 is 0 Å². The van der Waals surface area contributed by atoms with Gasteiger partial charge in [0.1, 0.15) is 11.5 Å². The van der Waals surface area contributed by atoms with Crippen LogP contribution in [0.25, 0.3) is 0 Å². The van der Waals surface area contributed by atoms with Gasteiger partial charge < -0.3 is 20.1 Å². The van der Waals surface area contributed by atoms with Gasteiger partial charge in [-0.1, -0.05) is 18.2 Å². The Morgan fingerprint density at radius 3 is 2.53 bits per heavy atom. The van der Waals surface area contributed by atoms with Gasteiger partial charge in [0.25, 0.3) is 5.69 Å². The third kappa shape index (κ3) is 6.95. The van der Waals surface area contributed by atoms with Gasteiger partial charge in [-0.2, -0.15) is 0 Å². The van der Waals surface area contributed by atoms with Crippen LogP contribution in [0.1, 0.15) is 17.5 Å². The number of halogens is 1. The number of aliphatic imine (C=N–C) groups is 1. The number of guanidine groups is 1. The summed E-state index contributed by atoms with van der Waals surface area (Å²) in [5, 5.41) is 17.8. The smallest absolute Gasteiger partial charge is 0.274 e. The van der Waals surface area contributed by atoms with Gasteiger partial charge in [-0.05, 0) is 24.1 Å². The number of nitrogens with zero attached hydrogens (tertiary/aromatic N) is 3. The van der Waals surface area contributed by atoms with Gasteiger partial charge in [0.2, 0.25) is 0 Å². The fourth-order valence-electron chi connectivity index (χ4n) is 3.72. The molecule has 0 aliphatic carbocycles. The minimum Gasteiger partial charge on any atom is -0.497 e. The van der Waals surface area contributed by atoms with Crippen molar-refractivity contribution in [2.24, 2.45) is 4.99 Å². The van der Waals surface area contributed by atoms with Crippen LogP contribution in [-0.2, 0) is 13.1 Å². The van der Waals surface area contributed by atoms with Crippen molar-refractivity contribution in [2.45, 2.75) is 25.6 Å². The lowest BCUT2D eigenvalue weighted by molar-refractivity contribution is -0.385. The molecule has 1 unspecified atom stereocenters. The van der Waals surface area contributed by atoms with Crippen molar-refractivity contribution in [1.29, 1.82) is 0 Å². The predicted octanol–water partition coefficient (Wildman–Crippen LogP) is 3.17. The number of ether oxygens (including phenoxy) is 2. The lowest BCUT2D eigenvalue weighted by Crippen LogP contribution is -2.44. The van der Waals surface area contributed by atoms with Gasteiger partial charge in [-0.3, -0.25) is 20.0 Å². The maximum atomic E-state index is 11.2. The summed E-state index contributed by atoms with van der Waals surface area (Å²) in [4.78, 5) is 17.5. The second kappa shape index (κ2) is 12.4. The zero-order valence-electron chi connectivity index (χ0n) is 18.5. The Morgan fingerprint density at radius 2 is 1.91 bits per heavy atom. The summed E-state index contributed by atoms with van der Waals surface area (Å²) in [5.74, 6) is 2.19. The molecule has 1 aliphatic heterocycles. The van der Waals surface area contributed by atoms with Crippen LogP contribution in [0.4, 0.5) is 5.69 Å². The first kappa shape index (κ1) is 25.7. The molecule has 2 aromatic carbocycles. The Balaban J connectivity index is 0.00000363. The van der Waals surface area contributed by atoms with Crippen molar-refractivity contribution in [3.05, 3.63) is 63.7 Å². The zero-order valence-corrected chi connectivity index (χ0v) is 20.9. The Bertz CT molecular complexity index is 918. The van der Waals surface area contributed by atoms with Gasteiger partial charge in [0, 0.05) is 57.0 Å². The lowest BCUT2D eigenvalue weighted by Gasteiger charge is -2.19. The van der Waals surface area contributed by atoms with Crippen molar-refractivity contribution >= 4 is 35.6 Å². The van der Waals surface area contributed by atoms with E-state index in [-0.39, 0.29) is 40.6 Å². The summed E-state index contributed by atoms with van der Waals surface area (Å²) in [6.07, 6.45) is 0.979. The largest absolute Gasteiger partial charge is 0.497 e. The highest BCUT2D eigenvalue weighted by atomic mass is 127. The maximum Gasteiger partial charge on any atom is 0.274 e. The average molecular weight is 555 g/mol. The fraction of sp³-hybridized carbons (Fsp3) is 0.409. The first-order valence-corrected chi connectivity index (χ1v) is 10.2. The molecule has 2 aromatic rings. The van der Waals surface area contributed by atoms with E-state index in [2.05, 4.69) is 20.5 Å². The standard InChI is InChI=1S/C22H29N5O4.HI/c1-23-22(24-13-17-6-4-5-7-21(17)27(28)29)25-18-8-9-26(15-18)14-16-10-19(30-2)12-20(11-16)31-3;/h4-7,10-12,18H,8-9,13-15H2,1-3H3,(H2,23,24,25);1H. The van der Waals surface area contributed by atoms with Crippen LogP contribution < -0.4 is 20.1 Å². The quantitative estimate of drug-likeness (QED) is 0.170. The molecule has 9 nitrogen and oxygen atoms in total. The number of nitro benzene ring substituents is 1. The van der Waals surface area contributed by atoms with Gasteiger partial charge in [-0.15, -0.1) is 24.0 Å². The number of hydrogen-bond acceptors (Lipinski definition) is 6. The molecular formula is C22H30IN5O4. The molecule has 1 fully saturated rings. The Kier molecular flexibility index (Phi) is 9.97. The van der Waals surface area contributed by atoms with Crippen LogP contribution in [0.3, 0.4) is 0 Å². The first-order valence-electron chi connectivity index (χ1n) is 10.2. The van der Waals surface area contributed by atoms with E-state index in [4.69, 9.17) is 9.47 Å². The van der Waals surface area contributed by atoms with E-state index >= 15 is 0 Å². The molecule has 1 saturated heterocycles. The molecular weight excluding hydrogens is 525 g/mol. The van der Waals surface area contributed by atoms with Crippen LogP contribution in [-0.4, -0.2) is 56.2 Å². The van der Waals surface area contributed by atoms with Crippen LogP contribution >= 0.6 is 24.0 Å². The SMILES string of the molecule is CN=C(NCc1ccccc1[N+](=O)[O-])NC1CCN(Cc2cc(OC)cc(OC)c2)C1.I. The number of para-hydroxylation sites is 1. The van der Waals surface area contributed by atoms with Crippen molar-refractivity contribution < 1.29 is 14.4 Å². The number of nitrogens with one attached hydrogen (secondary N) is 2. The molecule has 0 spiro atoms. The van der Waals surface area contributed by atoms with Crippen LogP contribution in [0, 0.1) is 10.1 Å². The van der Waals surface area contributed by atoms with Crippen molar-refractivity contribution in [1.82, 2.24) is 15.5 Å². The third-order valence-electron chi connectivity index (χ3n) is 5.29. The van der Waals surface area contributed by atoms with Gasteiger partial charge in [0.05, 0.1) is 19.1 Å². The normalized spacial score (nSPS) is 16.2. The minimum absolute atomic E-state index is 0. The highest BCUT2D eigenvalue weighted by molar-refractivity contribution is 14.0. The fourth-order valence-corrected chi connectivity index (χ4v) is 3.72. The van der Waals surface area contributed by atoms with Crippen LogP contribution in [0.2, 0.25) is 0 Å². The third-order valence-corrected chi connectivity index (χ3v) is 5.29. The number of likely N-dealkylation sites (tertiary alicyclic amines) is 1. The lowest BCUT2D eigenvalue weighted by atomic mass is 10.2. The molecule has 0 amide bonds. The minimum atomic E-state index is -0.365. The molecule has 0 radical (unpaired) electrons. The maximum absolute atomic E-state index is 11.2. The molecule has 0 aromatic heterocycles. The van der Waals surface area contributed by atoms with E-state index in [9.17, 15) is 10.1 Å². The van der Waals surface area contributed by atoms with E-state index in [1.54, 1.807) is 39.5 Å². The zero-order chi connectivity index (χ0) is 22.2. The summed E-state index contributed by atoms with van der Waals surface area (Å²) in [6, 6.07) is 12.9. The highest BCUT2D eigenvalue weighted by Gasteiger charge is 2.24. The molecule has 174 valence electrons. The van der Waals surface area contributed by atoms with Crippen LogP contribution in [0.5, 0.6) is 11.5 Å². The molecule has 3 rings (SSSR count). The molecule has 1 atom stereocenters. The predicted molar refractivity (Wildman–Crippen MR) is 135 cm³/mol. The Hall–Kier alpha value is -2.60. The van der Waals surface area contributed by atoms with E-state index in [0.29, 0.717) is 18.1 Å². The molecule has 0 bridgehead atoms. The molecule has 1 heterocycles. The second-order valence-corrected chi connectivity index (χ2v) is 7.40. The van der Waals surface area contributed by atoms with E-state index < -0.39 is 0 Å². The summed E-state index contributed by atoms with van der Waals surface area (Å²) >= 11 is 0. The summed E-state index contributed by atoms with van der Waals surface area (Å²) in [6.45, 7) is 2.95. The topological polar surface area (TPSA) is 101 Å². The number of hydrogen-bond donors (Lipinski definition) is 2. The van der Waals surface area contributed by atoms with Gasteiger partial charge in [-0.25, -0.2) is 0 Å². The second-order valence-electron chi connectivity index (χ2n) is 7.40.